The van der Waals surface area contributed by atoms with Crippen molar-refractivity contribution in [2.24, 2.45) is 0 Å². The summed E-state index contributed by atoms with van der Waals surface area (Å²) in [5.41, 5.74) is 3.24. The summed E-state index contributed by atoms with van der Waals surface area (Å²) in [5, 5.41) is 2.40. The van der Waals surface area contributed by atoms with Gasteiger partial charge in [-0.3, -0.25) is 9.88 Å². The fourth-order valence-corrected chi connectivity index (χ4v) is 3.76. The van der Waals surface area contributed by atoms with Gasteiger partial charge in [0.15, 0.2) is 0 Å². The van der Waals surface area contributed by atoms with Gasteiger partial charge in [0.25, 0.3) is 0 Å². The van der Waals surface area contributed by atoms with Gasteiger partial charge in [0.2, 0.25) is 0 Å². The first-order chi connectivity index (χ1) is 12.9. The molecule has 5 heteroatoms. The first kappa shape index (κ1) is 15.3. The molecule has 0 radical (unpaired) electrons. The van der Waals surface area contributed by atoms with Gasteiger partial charge in [-0.2, -0.15) is 0 Å². The lowest BCUT2D eigenvalue weighted by Crippen LogP contribution is -2.46. The second kappa shape index (κ2) is 6.42. The van der Waals surface area contributed by atoms with Crippen molar-refractivity contribution in [3.8, 4) is 0 Å². The molecule has 2 aromatic heterocycles. The first-order valence-electron chi connectivity index (χ1n) is 9.01. The predicted molar refractivity (Wildman–Crippen MR) is 103 cm³/mol. The summed E-state index contributed by atoms with van der Waals surface area (Å²) in [4.78, 5) is 13.4. The number of para-hydroxylation sites is 2. The van der Waals surface area contributed by atoms with Gasteiger partial charge in [0, 0.05) is 61.5 Å². The number of rotatable bonds is 3. The van der Waals surface area contributed by atoms with E-state index in [2.05, 4.69) is 50.1 Å². The summed E-state index contributed by atoms with van der Waals surface area (Å²) in [6, 6.07) is 14.7. The lowest BCUT2D eigenvalue weighted by molar-refractivity contribution is 0.249. The number of anilines is 1. The molecule has 0 unspecified atom stereocenters. The van der Waals surface area contributed by atoms with Crippen LogP contribution in [0.15, 0.2) is 65.5 Å². The largest absolute Gasteiger partial charge is 0.456 e. The maximum Gasteiger partial charge on any atom is 0.147 e. The summed E-state index contributed by atoms with van der Waals surface area (Å²) < 4.78 is 6.16. The molecule has 130 valence electrons. The summed E-state index contributed by atoms with van der Waals surface area (Å²) >= 11 is 0. The maximum atomic E-state index is 6.16. The molecule has 1 aliphatic rings. The molecule has 5 nitrogen and oxygen atoms in total. The van der Waals surface area contributed by atoms with E-state index in [4.69, 9.17) is 4.42 Å². The van der Waals surface area contributed by atoms with Crippen molar-refractivity contribution in [1.29, 1.82) is 0 Å². The third kappa shape index (κ3) is 2.70. The van der Waals surface area contributed by atoms with Crippen LogP contribution in [-0.2, 0) is 6.54 Å². The van der Waals surface area contributed by atoms with Crippen LogP contribution in [0.3, 0.4) is 0 Å². The summed E-state index contributed by atoms with van der Waals surface area (Å²) in [5.74, 6) is 0.964. The fraction of sp³-hybridized carbons (Fsp3) is 0.238. The van der Waals surface area contributed by atoms with Gasteiger partial charge in [0.1, 0.15) is 17.0 Å². The third-order valence-corrected chi connectivity index (χ3v) is 5.13. The zero-order valence-electron chi connectivity index (χ0n) is 14.5. The Kier molecular flexibility index (Phi) is 3.79. The smallest absolute Gasteiger partial charge is 0.147 e. The van der Waals surface area contributed by atoms with Crippen molar-refractivity contribution < 1.29 is 4.42 Å². The van der Waals surface area contributed by atoms with E-state index in [1.165, 1.54) is 16.3 Å². The van der Waals surface area contributed by atoms with Crippen LogP contribution in [0.2, 0.25) is 0 Å². The highest BCUT2D eigenvalue weighted by Gasteiger charge is 2.19. The monoisotopic (exact) mass is 344 g/mol. The van der Waals surface area contributed by atoms with Gasteiger partial charge in [-0.1, -0.05) is 36.4 Å². The van der Waals surface area contributed by atoms with Crippen LogP contribution < -0.4 is 4.90 Å². The van der Waals surface area contributed by atoms with Crippen molar-refractivity contribution in [3.05, 3.63) is 66.6 Å². The normalized spacial score (nSPS) is 15.8. The average molecular weight is 344 g/mol. The molecule has 0 amide bonds. The molecule has 3 heterocycles. The zero-order chi connectivity index (χ0) is 17.3. The van der Waals surface area contributed by atoms with Crippen LogP contribution >= 0.6 is 0 Å². The van der Waals surface area contributed by atoms with E-state index in [-0.39, 0.29) is 0 Å². The number of nitrogens with zero attached hydrogens (tertiary/aromatic N) is 4. The highest BCUT2D eigenvalue weighted by atomic mass is 16.3. The number of hydrogen-bond acceptors (Lipinski definition) is 5. The molecule has 0 saturated carbocycles. The minimum absolute atomic E-state index is 0.908. The Morgan fingerprint density at radius 3 is 2.58 bits per heavy atom. The number of benzene rings is 2. The van der Waals surface area contributed by atoms with E-state index < -0.39 is 0 Å². The summed E-state index contributed by atoms with van der Waals surface area (Å²) in [6.45, 7) is 4.86. The van der Waals surface area contributed by atoms with Crippen molar-refractivity contribution >= 4 is 27.8 Å². The molecule has 2 aromatic carbocycles. The van der Waals surface area contributed by atoms with Crippen LogP contribution in [-0.4, -0.2) is 41.0 Å². The van der Waals surface area contributed by atoms with E-state index in [0.717, 1.165) is 49.7 Å². The Morgan fingerprint density at radius 2 is 1.73 bits per heavy atom. The molecule has 0 spiro atoms. The van der Waals surface area contributed by atoms with Gasteiger partial charge in [-0.05, 0) is 6.07 Å². The minimum Gasteiger partial charge on any atom is -0.456 e. The molecular formula is C21H20N4O. The Morgan fingerprint density at radius 1 is 0.885 bits per heavy atom. The van der Waals surface area contributed by atoms with E-state index in [1.54, 1.807) is 12.4 Å². The van der Waals surface area contributed by atoms with Crippen LogP contribution in [0.4, 0.5) is 5.82 Å². The quantitative estimate of drug-likeness (QED) is 0.567. The molecule has 0 N–H and O–H groups in total. The van der Waals surface area contributed by atoms with Gasteiger partial charge < -0.3 is 9.32 Å². The second-order valence-corrected chi connectivity index (χ2v) is 6.72. The molecule has 0 aliphatic carbocycles. The van der Waals surface area contributed by atoms with Crippen molar-refractivity contribution in [1.82, 2.24) is 14.9 Å². The highest BCUT2D eigenvalue weighted by molar-refractivity contribution is 6.05. The van der Waals surface area contributed by atoms with E-state index in [1.807, 2.05) is 18.3 Å². The number of hydrogen-bond donors (Lipinski definition) is 0. The van der Waals surface area contributed by atoms with Gasteiger partial charge in [-0.25, -0.2) is 4.98 Å². The Hall–Kier alpha value is -2.92. The second-order valence-electron chi connectivity index (χ2n) is 6.72. The van der Waals surface area contributed by atoms with E-state index in [0.29, 0.717) is 0 Å². The van der Waals surface area contributed by atoms with Gasteiger partial charge in [0.05, 0.1) is 6.20 Å². The Bertz CT molecular complexity index is 1040. The predicted octanol–water partition coefficient (Wildman–Crippen LogP) is 3.70. The van der Waals surface area contributed by atoms with Crippen molar-refractivity contribution in [2.75, 3.05) is 31.1 Å². The van der Waals surface area contributed by atoms with Crippen LogP contribution in [0, 0.1) is 0 Å². The fourth-order valence-electron chi connectivity index (χ4n) is 3.76. The highest BCUT2D eigenvalue weighted by Crippen LogP contribution is 2.31. The Labute approximate surface area is 151 Å². The van der Waals surface area contributed by atoms with Crippen molar-refractivity contribution in [2.45, 2.75) is 6.54 Å². The number of aromatic nitrogens is 2. The van der Waals surface area contributed by atoms with Crippen LogP contribution in [0.1, 0.15) is 5.56 Å². The van der Waals surface area contributed by atoms with Gasteiger partial charge in [-0.15, -0.1) is 0 Å². The van der Waals surface area contributed by atoms with E-state index in [9.17, 15) is 0 Å². The summed E-state index contributed by atoms with van der Waals surface area (Å²) in [6.07, 6.45) is 5.31. The SMILES string of the molecule is c1ccc2c(c1)oc1c(CN3CCN(c4cnccn4)CC3)cccc12. The summed E-state index contributed by atoms with van der Waals surface area (Å²) in [7, 11) is 0. The molecule has 0 bridgehead atoms. The molecular weight excluding hydrogens is 324 g/mol. The Balaban J connectivity index is 1.36. The average Bonchev–Trinajstić information content (AvgIpc) is 3.09. The molecule has 0 atom stereocenters. The van der Waals surface area contributed by atoms with Crippen LogP contribution in [0.25, 0.3) is 21.9 Å². The third-order valence-electron chi connectivity index (χ3n) is 5.13. The maximum absolute atomic E-state index is 6.16. The molecule has 4 aromatic rings. The molecule has 1 aliphatic heterocycles. The number of furan rings is 1. The molecule has 1 saturated heterocycles. The first-order valence-corrected chi connectivity index (χ1v) is 9.01. The molecule has 1 fully saturated rings. The van der Waals surface area contributed by atoms with Crippen molar-refractivity contribution in [3.63, 3.8) is 0 Å². The number of fused-ring (bicyclic) bond motifs is 3. The zero-order valence-corrected chi connectivity index (χ0v) is 14.5. The standard InChI is InChI=1S/C21H20N4O/c1-2-7-19-17(5-1)18-6-3-4-16(21(18)26-19)15-24-10-12-25(13-11-24)20-14-22-8-9-23-20/h1-9,14H,10-13,15H2. The topological polar surface area (TPSA) is 45.4 Å². The lowest BCUT2D eigenvalue weighted by atomic mass is 10.1. The minimum atomic E-state index is 0.908. The van der Waals surface area contributed by atoms with Gasteiger partial charge >= 0.3 is 0 Å². The van der Waals surface area contributed by atoms with Crippen LogP contribution in [0.5, 0.6) is 0 Å². The molecule has 5 rings (SSSR count). The number of piperazine rings is 1. The molecule has 26 heavy (non-hydrogen) atoms. The lowest BCUT2D eigenvalue weighted by Gasteiger charge is -2.35. The van der Waals surface area contributed by atoms with E-state index >= 15 is 0 Å².